The van der Waals surface area contributed by atoms with Gasteiger partial charge in [0.15, 0.2) is 0 Å². The summed E-state index contributed by atoms with van der Waals surface area (Å²) < 4.78 is 50.5. The smallest absolute Gasteiger partial charge is 0.416 e. The molecule has 1 saturated heterocycles. The highest BCUT2D eigenvalue weighted by Gasteiger charge is 2.35. The normalized spacial score (nSPS) is 15.3. The van der Waals surface area contributed by atoms with E-state index in [9.17, 15) is 22.8 Å². The Bertz CT molecular complexity index is 1490. The molecule has 9 heteroatoms. The minimum Gasteiger partial charge on any atom is -0.491 e. The fraction of sp³-hybridized carbons (Fsp3) is 0.111. The summed E-state index contributed by atoms with van der Waals surface area (Å²) in [6, 6.07) is 21.2. The summed E-state index contributed by atoms with van der Waals surface area (Å²) in [5.41, 5.74) is -0.534. The zero-order chi connectivity index (χ0) is 25.3. The van der Waals surface area contributed by atoms with Gasteiger partial charge in [-0.15, -0.1) is 0 Å². The molecule has 2 amide bonds. The number of imide groups is 1. The molecule has 0 bridgehead atoms. The molecular weight excluding hydrogens is 491 g/mol. The summed E-state index contributed by atoms with van der Waals surface area (Å²) in [5.74, 6) is 0.645. The average Bonchev–Trinajstić information content (AvgIpc) is 3.44. The van der Waals surface area contributed by atoms with Crippen molar-refractivity contribution >= 4 is 39.8 Å². The third-order valence-electron chi connectivity index (χ3n) is 5.57. The van der Waals surface area contributed by atoms with E-state index in [-0.39, 0.29) is 35.1 Å². The van der Waals surface area contributed by atoms with Gasteiger partial charge in [0.05, 0.1) is 17.0 Å². The van der Waals surface area contributed by atoms with Crippen molar-refractivity contribution in [2.45, 2.75) is 6.18 Å². The van der Waals surface area contributed by atoms with Crippen molar-refractivity contribution < 1.29 is 31.9 Å². The molecule has 4 aromatic rings. The predicted octanol–water partition coefficient (Wildman–Crippen LogP) is 7.23. The number of fused-ring (bicyclic) bond motifs is 1. The van der Waals surface area contributed by atoms with Crippen molar-refractivity contribution in [2.75, 3.05) is 13.2 Å². The fourth-order valence-corrected chi connectivity index (χ4v) is 4.67. The SMILES string of the molecule is O=C1S/C(=C\c2ccc(-c3cccc(C(F)(F)F)c3)o2)C(=O)N1CCOc1cccc2ccccc12. The fourth-order valence-electron chi connectivity index (χ4n) is 3.82. The molecule has 36 heavy (non-hydrogen) atoms. The second-order valence-electron chi connectivity index (χ2n) is 7.94. The lowest BCUT2D eigenvalue weighted by molar-refractivity contribution is -0.137. The van der Waals surface area contributed by atoms with Crippen LogP contribution >= 0.6 is 11.8 Å². The van der Waals surface area contributed by atoms with Crippen LogP contribution in [0.3, 0.4) is 0 Å². The zero-order valence-corrected chi connectivity index (χ0v) is 19.4. The van der Waals surface area contributed by atoms with Gasteiger partial charge in [-0.2, -0.15) is 13.2 Å². The molecule has 182 valence electrons. The topological polar surface area (TPSA) is 59.8 Å². The van der Waals surface area contributed by atoms with E-state index in [1.54, 1.807) is 0 Å². The molecule has 0 spiro atoms. The molecule has 3 aromatic carbocycles. The van der Waals surface area contributed by atoms with Crippen molar-refractivity contribution in [1.82, 2.24) is 4.90 Å². The Balaban J connectivity index is 1.26. The van der Waals surface area contributed by atoms with Gasteiger partial charge in [0, 0.05) is 17.0 Å². The van der Waals surface area contributed by atoms with E-state index in [1.165, 1.54) is 30.3 Å². The van der Waals surface area contributed by atoms with E-state index in [1.807, 2.05) is 42.5 Å². The van der Waals surface area contributed by atoms with E-state index in [0.717, 1.165) is 39.6 Å². The standard InChI is InChI=1S/C27H18F3NO4S/c28-27(29,30)19-8-3-7-18(15-19)22-12-11-20(35-22)16-24-25(32)31(26(33)36-24)13-14-34-23-10-4-6-17-5-1-2-9-21(17)23/h1-12,15-16H,13-14H2/b24-16-. The number of rotatable bonds is 6. The lowest BCUT2D eigenvalue weighted by atomic mass is 10.1. The lowest BCUT2D eigenvalue weighted by Crippen LogP contribution is -2.32. The largest absolute Gasteiger partial charge is 0.491 e. The van der Waals surface area contributed by atoms with Crippen LogP contribution in [0.25, 0.3) is 28.2 Å². The van der Waals surface area contributed by atoms with Crippen LogP contribution in [-0.2, 0) is 11.0 Å². The Morgan fingerprint density at radius 1 is 0.944 bits per heavy atom. The molecule has 5 nitrogen and oxygen atoms in total. The Hall–Kier alpha value is -3.98. The molecule has 1 aromatic heterocycles. The molecule has 0 aliphatic carbocycles. The lowest BCUT2D eigenvalue weighted by Gasteiger charge is -2.14. The molecule has 1 aliphatic rings. The second kappa shape index (κ2) is 9.58. The van der Waals surface area contributed by atoms with Crippen LogP contribution in [0.5, 0.6) is 5.75 Å². The maximum Gasteiger partial charge on any atom is 0.416 e. The molecule has 2 heterocycles. The monoisotopic (exact) mass is 509 g/mol. The van der Waals surface area contributed by atoms with Crippen LogP contribution in [0.2, 0.25) is 0 Å². The number of carbonyl (C=O) groups is 2. The number of hydrogen-bond acceptors (Lipinski definition) is 5. The van der Waals surface area contributed by atoms with Gasteiger partial charge < -0.3 is 9.15 Å². The maximum atomic E-state index is 13.0. The van der Waals surface area contributed by atoms with Gasteiger partial charge in [-0.1, -0.05) is 48.5 Å². The highest BCUT2D eigenvalue weighted by atomic mass is 32.2. The number of alkyl halides is 3. The van der Waals surface area contributed by atoms with Crippen molar-refractivity contribution in [2.24, 2.45) is 0 Å². The third kappa shape index (κ3) is 4.87. The minimum absolute atomic E-state index is 0.0683. The quantitative estimate of drug-likeness (QED) is 0.257. The molecule has 0 radical (unpaired) electrons. The van der Waals surface area contributed by atoms with E-state index < -0.39 is 22.9 Å². The maximum absolute atomic E-state index is 13.0. The summed E-state index contributed by atoms with van der Waals surface area (Å²) in [6.07, 6.45) is -3.06. The molecule has 1 aliphatic heterocycles. The van der Waals surface area contributed by atoms with Crippen LogP contribution in [0.15, 0.2) is 88.2 Å². The van der Waals surface area contributed by atoms with E-state index >= 15 is 0 Å². The minimum atomic E-state index is -4.47. The number of halogens is 3. The highest BCUT2D eigenvalue weighted by Crippen LogP contribution is 2.35. The number of hydrogen-bond donors (Lipinski definition) is 0. The second-order valence-corrected chi connectivity index (χ2v) is 8.93. The Morgan fingerprint density at radius 3 is 2.56 bits per heavy atom. The summed E-state index contributed by atoms with van der Waals surface area (Å²) in [4.78, 5) is 26.5. The van der Waals surface area contributed by atoms with Crippen LogP contribution in [0.1, 0.15) is 11.3 Å². The first-order valence-electron chi connectivity index (χ1n) is 10.9. The summed E-state index contributed by atoms with van der Waals surface area (Å²) in [6.45, 7) is 0.193. The summed E-state index contributed by atoms with van der Waals surface area (Å²) in [5, 5.41) is 1.52. The van der Waals surface area contributed by atoms with E-state index in [4.69, 9.17) is 9.15 Å². The van der Waals surface area contributed by atoms with Gasteiger partial charge in [-0.3, -0.25) is 14.5 Å². The molecule has 0 unspecified atom stereocenters. The van der Waals surface area contributed by atoms with Crippen molar-refractivity contribution in [3.63, 3.8) is 0 Å². The van der Waals surface area contributed by atoms with Crippen LogP contribution < -0.4 is 4.74 Å². The first-order chi connectivity index (χ1) is 17.3. The van der Waals surface area contributed by atoms with Gasteiger partial charge in [0.2, 0.25) is 0 Å². The Morgan fingerprint density at radius 2 is 1.72 bits per heavy atom. The van der Waals surface area contributed by atoms with Gasteiger partial charge in [0.25, 0.3) is 11.1 Å². The number of amides is 2. The number of thioether (sulfide) groups is 1. The number of benzene rings is 3. The van der Waals surface area contributed by atoms with Crippen molar-refractivity contribution in [1.29, 1.82) is 0 Å². The zero-order valence-electron chi connectivity index (χ0n) is 18.6. The highest BCUT2D eigenvalue weighted by molar-refractivity contribution is 8.18. The van der Waals surface area contributed by atoms with Crippen molar-refractivity contribution in [3.05, 3.63) is 95.1 Å². The third-order valence-corrected chi connectivity index (χ3v) is 6.48. The average molecular weight is 510 g/mol. The number of nitrogens with zero attached hydrogens (tertiary/aromatic N) is 1. The Labute approximate surface area is 208 Å². The molecular formula is C27H18F3NO4S. The first kappa shape index (κ1) is 23.7. The molecule has 0 atom stereocenters. The van der Waals surface area contributed by atoms with Gasteiger partial charge in [-0.25, -0.2) is 0 Å². The predicted molar refractivity (Wildman–Crippen MR) is 131 cm³/mol. The van der Waals surface area contributed by atoms with Crippen LogP contribution in [-0.4, -0.2) is 29.2 Å². The van der Waals surface area contributed by atoms with Crippen LogP contribution in [0.4, 0.5) is 18.0 Å². The first-order valence-corrected chi connectivity index (χ1v) is 11.7. The molecule has 5 rings (SSSR count). The van der Waals surface area contributed by atoms with Crippen molar-refractivity contribution in [3.8, 4) is 17.1 Å². The summed E-state index contributed by atoms with van der Waals surface area (Å²) in [7, 11) is 0. The number of carbonyl (C=O) groups excluding carboxylic acids is 2. The Kier molecular flexibility index (Phi) is 6.32. The van der Waals surface area contributed by atoms with Gasteiger partial charge >= 0.3 is 6.18 Å². The van der Waals surface area contributed by atoms with E-state index in [0.29, 0.717) is 5.75 Å². The number of ether oxygens (including phenoxy) is 1. The number of furan rings is 1. The summed E-state index contributed by atoms with van der Waals surface area (Å²) >= 11 is 0.771. The van der Waals surface area contributed by atoms with Gasteiger partial charge in [0.1, 0.15) is 23.9 Å². The van der Waals surface area contributed by atoms with Crippen LogP contribution in [0, 0.1) is 0 Å². The molecule has 0 saturated carbocycles. The van der Waals surface area contributed by atoms with Gasteiger partial charge in [-0.05, 0) is 47.5 Å². The molecule has 1 fully saturated rings. The molecule has 0 N–H and O–H groups in total. The van der Waals surface area contributed by atoms with E-state index in [2.05, 4.69) is 0 Å².